The van der Waals surface area contributed by atoms with Crippen LogP contribution in [0.5, 0.6) is 0 Å². The third kappa shape index (κ3) is 6.15. The van der Waals surface area contributed by atoms with Crippen LogP contribution >= 0.6 is 47.5 Å². The van der Waals surface area contributed by atoms with Crippen molar-refractivity contribution in [1.29, 1.82) is 0 Å². The number of pyridine rings is 1. The van der Waals surface area contributed by atoms with E-state index in [-0.39, 0.29) is 48.0 Å². The summed E-state index contributed by atoms with van der Waals surface area (Å²) in [6.45, 7) is 2.73. The maximum absolute atomic E-state index is 13.4. The van der Waals surface area contributed by atoms with Gasteiger partial charge >= 0.3 is 0 Å². The maximum Gasteiger partial charge on any atom is 0.294 e. The van der Waals surface area contributed by atoms with Gasteiger partial charge in [0.25, 0.3) is 5.56 Å². The lowest BCUT2D eigenvalue weighted by atomic mass is 10.1. The predicted molar refractivity (Wildman–Crippen MR) is 155 cm³/mol. The minimum Gasteiger partial charge on any atom is -0.384 e. The van der Waals surface area contributed by atoms with Crippen molar-refractivity contribution in [3.8, 4) is 0 Å². The van der Waals surface area contributed by atoms with E-state index in [4.69, 9.17) is 5.73 Å². The Morgan fingerprint density at radius 3 is 2.49 bits per heavy atom. The molecule has 0 spiro atoms. The molecule has 0 saturated carbocycles. The van der Waals surface area contributed by atoms with E-state index >= 15 is 0 Å². The molecule has 0 saturated heterocycles. The van der Waals surface area contributed by atoms with Gasteiger partial charge in [-0.3, -0.25) is 14.2 Å². The molecule has 0 radical (unpaired) electrons. The monoisotopic (exact) mass is 578 g/mol. The number of amides is 1. The molecule has 0 aromatic carbocycles. The van der Waals surface area contributed by atoms with Gasteiger partial charge in [-0.2, -0.15) is 0 Å². The van der Waals surface area contributed by atoms with Gasteiger partial charge in [-0.05, 0) is 54.3 Å². The van der Waals surface area contributed by atoms with Crippen molar-refractivity contribution in [1.82, 2.24) is 19.9 Å². The Balaban J connectivity index is 0.00000190. The molecule has 0 aliphatic carbocycles. The van der Waals surface area contributed by atoms with Crippen LogP contribution in [0, 0.1) is 6.92 Å². The zero-order chi connectivity index (χ0) is 24.4. The molecule has 5 heterocycles. The van der Waals surface area contributed by atoms with E-state index in [9.17, 15) is 9.59 Å². The molecule has 196 valence electrons. The lowest BCUT2D eigenvalue weighted by molar-refractivity contribution is -0.124. The molecule has 0 bridgehead atoms. The molecule has 1 amide bonds. The topological polar surface area (TPSA) is 115 Å². The summed E-state index contributed by atoms with van der Waals surface area (Å²) in [7, 11) is 0. The summed E-state index contributed by atoms with van der Waals surface area (Å²) in [5.74, 6) is 0.659. The molecule has 37 heavy (non-hydrogen) atoms. The van der Waals surface area contributed by atoms with Gasteiger partial charge in [0.2, 0.25) is 5.91 Å². The maximum atomic E-state index is 13.4. The van der Waals surface area contributed by atoms with E-state index in [1.807, 2.05) is 25.1 Å². The highest BCUT2D eigenvalue weighted by Gasteiger charge is 2.31. The van der Waals surface area contributed by atoms with Crippen molar-refractivity contribution >= 4 is 65.0 Å². The van der Waals surface area contributed by atoms with Crippen molar-refractivity contribution in [3.05, 3.63) is 90.4 Å². The fraction of sp³-hybridized carbons (Fsp3) is 0.280. The van der Waals surface area contributed by atoms with Gasteiger partial charge in [0.15, 0.2) is 5.82 Å². The number of nitrogens with two attached hydrogens (primary N) is 1. The molecule has 0 fully saturated rings. The molecule has 1 aliphatic rings. The number of aryl methyl sites for hydroxylation is 2. The van der Waals surface area contributed by atoms with Crippen LogP contribution in [0.1, 0.15) is 45.1 Å². The standard InChI is InChI=1S/C25H26N6O2S2.2ClH/c1-15-16(6-9-22(26)30-15)12-29-24(32)19-8-7-17-13-27-23(25(33)31(17)19)28-14-18(20-4-2-10-34-20)21-5-3-11-35-21;;/h2-6,9-11,13,18-19H,7-8,12,14H2,1H3,(H2,26,30)(H,27,28)(H,29,32);2*1H/t19-;;/m0../s1. The minimum absolute atomic E-state index is 0. The lowest BCUT2D eigenvalue weighted by Gasteiger charge is -2.18. The molecule has 4 N–H and O–H groups in total. The average molecular weight is 580 g/mol. The van der Waals surface area contributed by atoms with E-state index in [1.165, 1.54) is 9.75 Å². The number of hydrogen-bond donors (Lipinski definition) is 3. The molecule has 1 atom stereocenters. The van der Waals surface area contributed by atoms with Crippen molar-refractivity contribution in [2.45, 2.75) is 38.3 Å². The van der Waals surface area contributed by atoms with Crippen LogP contribution in [0.15, 0.2) is 58.1 Å². The van der Waals surface area contributed by atoms with Crippen molar-refractivity contribution in [2.24, 2.45) is 0 Å². The normalized spacial score (nSPS) is 13.9. The van der Waals surface area contributed by atoms with Crippen molar-refractivity contribution in [2.75, 3.05) is 17.6 Å². The zero-order valence-corrected chi connectivity index (χ0v) is 23.3. The van der Waals surface area contributed by atoms with E-state index in [2.05, 4.69) is 43.5 Å². The number of rotatable bonds is 8. The Labute approximate surface area is 235 Å². The Morgan fingerprint density at radius 2 is 1.86 bits per heavy atom. The zero-order valence-electron chi connectivity index (χ0n) is 20.0. The van der Waals surface area contributed by atoms with E-state index < -0.39 is 6.04 Å². The molecule has 5 rings (SSSR count). The molecular formula is C25H28Cl2N6O2S2. The highest BCUT2D eigenvalue weighted by molar-refractivity contribution is 7.11. The van der Waals surface area contributed by atoms with Crippen LogP contribution in [0.2, 0.25) is 0 Å². The molecule has 12 heteroatoms. The molecule has 8 nitrogen and oxygen atoms in total. The van der Waals surface area contributed by atoms with Crippen LogP contribution < -0.4 is 21.9 Å². The number of halogens is 2. The van der Waals surface area contributed by atoms with Gasteiger partial charge in [-0.1, -0.05) is 18.2 Å². The molecule has 1 aliphatic heterocycles. The summed E-state index contributed by atoms with van der Waals surface area (Å²) < 4.78 is 1.59. The van der Waals surface area contributed by atoms with Crippen molar-refractivity contribution < 1.29 is 4.79 Å². The quantitative estimate of drug-likeness (QED) is 0.282. The first-order valence-corrected chi connectivity index (χ1v) is 13.2. The first kappa shape index (κ1) is 28.6. The van der Waals surface area contributed by atoms with E-state index in [0.717, 1.165) is 17.0 Å². The SMILES string of the molecule is Cc1nc(N)ccc1CNC(=O)[C@@H]1CCc2cnc(NCC(c3cccs3)c3cccs3)c(=O)n21.Cl.Cl. The second-order valence-corrected chi connectivity index (χ2v) is 10.4. The number of carbonyl (C=O) groups excluding carboxylic acids is 1. The largest absolute Gasteiger partial charge is 0.384 e. The van der Waals surface area contributed by atoms with E-state index in [0.29, 0.717) is 31.7 Å². The summed E-state index contributed by atoms with van der Waals surface area (Å²) in [6.07, 6.45) is 2.91. The number of nitrogen functional groups attached to an aromatic ring is 1. The third-order valence-corrected chi connectivity index (χ3v) is 8.25. The summed E-state index contributed by atoms with van der Waals surface area (Å²) >= 11 is 3.39. The van der Waals surface area contributed by atoms with Crippen LogP contribution in [-0.4, -0.2) is 27.0 Å². The minimum atomic E-state index is -0.562. The summed E-state index contributed by atoms with van der Waals surface area (Å²) in [5.41, 5.74) is 7.90. The predicted octanol–water partition coefficient (Wildman–Crippen LogP) is 4.54. The second kappa shape index (κ2) is 12.6. The Hall–Kier alpha value is -2.92. The fourth-order valence-corrected chi connectivity index (χ4v) is 6.19. The first-order valence-electron chi connectivity index (χ1n) is 11.4. The van der Waals surface area contributed by atoms with Crippen LogP contribution in [0.3, 0.4) is 0 Å². The number of carbonyl (C=O) groups is 1. The van der Waals surface area contributed by atoms with Gasteiger partial charge in [-0.15, -0.1) is 47.5 Å². The van der Waals surface area contributed by atoms with Crippen molar-refractivity contribution in [3.63, 3.8) is 0 Å². The number of thiophene rings is 2. The van der Waals surface area contributed by atoms with Gasteiger partial charge in [-0.25, -0.2) is 9.97 Å². The highest BCUT2D eigenvalue weighted by Crippen LogP contribution is 2.31. The number of nitrogens with one attached hydrogen (secondary N) is 2. The Morgan fingerprint density at radius 1 is 1.16 bits per heavy atom. The number of hydrogen-bond acceptors (Lipinski definition) is 8. The first-order chi connectivity index (χ1) is 17.0. The Kier molecular flexibility index (Phi) is 9.72. The van der Waals surface area contributed by atoms with Crippen LogP contribution in [0.4, 0.5) is 11.6 Å². The number of fused-ring (bicyclic) bond motifs is 1. The van der Waals surface area contributed by atoms with Crippen LogP contribution in [-0.2, 0) is 17.8 Å². The second-order valence-electron chi connectivity index (χ2n) is 8.49. The molecular weight excluding hydrogens is 551 g/mol. The summed E-state index contributed by atoms with van der Waals surface area (Å²) in [5, 5.41) is 10.3. The van der Waals surface area contributed by atoms with Crippen LogP contribution in [0.25, 0.3) is 0 Å². The number of anilines is 2. The van der Waals surface area contributed by atoms with Gasteiger partial charge in [0.1, 0.15) is 11.9 Å². The van der Waals surface area contributed by atoms with Gasteiger partial charge in [0, 0.05) is 46.3 Å². The Bertz CT molecular complexity index is 1360. The van der Waals surface area contributed by atoms with Gasteiger partial charge in [0.05, 0.1) is 0 Å². The molecule has 4 aromatic rings. The van der Waals surface area contributed by atoms with E-state index in [1.54, 1.807) is 39.5 Å². The third-order valence-electron chi connectivity index (χ3n) is 6.28. The smallest absolute Gasteiger partial charge is 0.294 e. The highest BCUT2D eigenvalue weighted by atomic mass is 35.5. The molecule has 0 unspecified atom stereocenters. The summed E-state index contributed by atoms with van der Waals surface area (Å²) in [6, 6.07) is 11.3. The average Bonchev–Trinajstić information content (AvgIpc) is 3.62. The number of nitrogens with zero attached hydrogens (tertiary/aromatic N) is 3. The fourth-order valence-electron chi connectivity index (χ4n) is 4.43. The summed E-state index contributed by atoms with van der Waals surface area (Å²) in [4.78, 5) is 37.5. The number of aromatic nitrogens is 3. The lowest BCUT2D eigenvalue weighted by Crippen LogP contribution is -2.36. The molecule has 4 aromatic heterocycles. The van der Waals surface area contributed by atoms with Gasteiger partial charge < -0.3 is 16.4 Å².